The van der Waals surface area contributed by atoms with Crippen molar-refractivity contribution in [2.45, 2.75) is 64.7 Å². The molecule has 0 aromatic heterocycles. The molecule has 1 heterocycles. The second-order valence-corrected chi connectivity index (χ2v) is 10.3. The molecular formula is C32H40F2O7. The van der Waals surface area contributed by atoms with Gasteiger partial charge in [-0.2, -0.15) is 0 Å². The summed E-state index contributed by atoms with van der Waals surface area (Å²) in [5, 5.41) is 0. The molecule has 0 unspecified atom stereocenters. The zero-order chi connectivity index (χ0) is 29.5. The van der Waals surface area contributed by atoms with Crippen LogP contribution in [0.15, 0.2) is 48.6 Å². The van der Waals surface area contributed by atoms with E-state index < -0.39 is 23.8 Å². The van der Waals surface area contributed by atoms with Crippen LogP contribution in [0.4, 0.5) is 13.6 Å². The van der Waals surface area contributed by atoms with E-state index in [1.54, 1.807) is 31.2 Å². The van der Waals surface area contributed by atoms with Crippen LogP contribution >= 0.6 is 0 Å². The molecule has 0 aliphatic carbocycles. The van der Waals surface area contributed by atoms with Gasteiger partial charge in [0.1, 0.15) is 19.0 Å². The fourth-order valence-electron chi connectivity index (χ4n) is 4.30. The van der Waals surface area contributed by atoms with E-state index in [0.29, 0.717) is 43.3 Å². The molecule has 0 radical (unpaired) electrons. The van der Waals surface area contributed by atoms with Gasteiger partial charge in [-0.1, -0.05) is 63.7 Å². The Labute approximate surface area is 240 Å². The molecule has 0 atom stereocenters. The van der Waals surface area contributed by atoms with Crippen molar-refractivity contribution in [3.63, 3.8) is 0 Å². The van der Waals surface area contributed by atoms with E-state index in [2.05, 4.69) is 6.58 Å². The Bertz CT molecular complexity index is 1100. The molecule has 9 heteroatoms. The van der Waals surface area contributed by atoms with Crippen molar-refractivity contribution in [3.8, 4) is 22.6 Å². The number of esters is 1. The van der Waals surface area contributed by atoms with Crippen molar-refractivity contribution in [2.75, 3.05) is 33.0 Å². The predicted molar refractivity (Wildman–Crippen MR) is 151 cm³/mol. The number of ether oxygens (including phenoxy) is 5. The monoisotopic (exact) mass is 574 g/mol. The third-order valence-electron chi connectivity index (χ3n) is 6.65. The molecule has 1 saturated heterocycles. The number of carbonyl (C=O) groups is 2. The average molecular weight is 575 g/mol. The first-order valence-corrected chi connectivity index (χ1v) is 14.3. The summed E-state index contributed by atoms with van der Waals surface area (Å²) in [6, 6.07) is 8.85. The van der Waals surface area contributed by atoms with E-state index in [-0.39, 0.29) is 23.8 Å². The average Bonchev–Trinajstić information content (AvgIpc) is 2.95. The molecule has 2 aromatic rings. The fraction of sp³-hybridized carbons (Fsp3) is 0.500. The number of hydrogen-bond donors (Lipinski definition) is 0. The van der Waals surface area contributed by atoms with Crippen LogP contribution in [0.3, 0.4) is 0 Å². The molecule has 1 fully saturated rings. The van der Waals surface area contributed by atoms with Crippen molar-refractivity contribution in [1.29, 1.82) is 0 Å². The highest BCUT2D eigenvalue weighted by atomic mass is 19.1. The summed E-state index contributed by atoms with van der Waals surface area (Å²) >= 11 is 0. The first-order chi connectivity index (χ1) is 19.8. The third-order valence-corrected chi connectivity index (χ3v) is 6.65. The molecule has 7 nitrogen and oxygen atoms in total. The number of halogens is 2. The van der Waals surface area contributed by atoms with Gasteiger partial charge in [-0.25, -0.2) is 18.4 Å². The van der Waals surface area contributed by atoms with E-state index in [9.17, 15) is 18.4 Å². The third kappa shape index (κ3) is 11.5. The second kappa shape index (κ2) is 17.4. The van der Waals surface area contributed by atoms with Crippen LogP contribution < -0.4 is 9.47 Å². The van der Waals surface area contributed by atoms with Crippen molar-refractivity contribution >= 4 is 12.1 Å². The summed E-state index contributed by atoms with van der Waals surface area (Å²) in [5.41, 5.74) is 1.22. The quantitative estimate of drug-likeness (QED) is 0.0778. The van der Waals surface area contributed by atoms with Gasteiger partial charge in [-0.05, 0) is 55.2 Å². The summed E-state index contributed by atoms with van der Waals surface area (Å²) in [5.74, 6) is -1.96. The number of hydrogen-bond acceptors (Lipinski definition) is 7. The van der Waals surface area contributed by atoms with Gasteiger partial charge >= 0.3 is 12.1 Å². The van der Waals surface area contributed by atoms with Crippen LogP contribution in [0, 0.1) is 17.6 Å². The maximum Gasteiger partial charge on any atom is 0.508 e. The molecular weight excluding hydrogens is 534 g/mol. The topological polar surface area (TPSA) is 80.3 Å². The van der Waals surface area contributed by atoms with E-state index in [1.165, 1.54) is 18.6 Å². The number of carbonyl (C=O) groups excluding carboxylic acids is 2. The Morgan fingerprint density at radius 2 is 1.39 bits per heavy atom. The van der Waals surface area contributed by atoms with Crippen LogP contribution in [-0.2, 0) is 19.0 Å². The molecule has 0 amide bonds. The number of rotatable bonds is 18. The highest BCUT2D eigenvalue weighted by Crippen LogP contribution is 2.30. The van der Waals surface area contributed by atoms with E-state index in [4.69, 9.17) is 23.7 Å². The molecule has 0 N–H and O–H groups in total. The maximum absolute atomic E-state index is 14.6. The first-order valence-electron chi connectivity index (χ1n) is 14.3. The lowest BCUT2D eigenvalue weighted by Gasteiger charge is -2.21. The number of cyclic esters (lactones) is 2. The van der Waals surface area contributed by atoms with E-state index >= 15 is 0 Å². The maximum atomic E-state index is 14.6. The molecule has 0 spiro atoms. The molecule has 1 aliphatic rings. The summed E-state index contributed by atoms with van der Waals surface area (Å²) in [4.78, 5) is 22.5. The summed E-state index contributed by atoms with van der Waals surface area (Å²) < 4.78 is 55.1. The fourth-order valence-corrected chi connectivity index (χ4v) is 4.30. The van der Waals surface area contributed by atoms with Gasteiger partial charge in [-0.3, -0.25) is 0 Å². The van der Waals surface area contributed by atoms with Gasteiger partial charge in [0.05, 0.1) is 19.1 Å². The Morgan fingerprint density at radius 1 is 0.854 bits per heavy atom. The SMILES string of the molecule is C=C(C)C(=O)Oc1ccc(-c2cc(F)c(OCCCCCCCCCCCOCC3COC(=O)OC3)c(F)c2)cc1. The summed E-state index contributed by atoms with van der Waals surface area (Å²) in [6.07, 6.45) is 8.88. The highest BCUT2D eigenvalue weighted by Gasteiger charge is 2.21. The Hall–Kier alpha value is -3.46. The minimum absolute atomic E-state index is 0.120. The Morgan fingerprint density at radius 3 is 1.95 bits per heavy atom. The van der Waals surface area contributed by atoms with Crippen LogP contribution in [0.1, 0.15) is 64.7 Å². The Kier molecular flexibility index (Phi) is 13.6. The summed E-state index contributed by atoms with van der Waals surface area (Å²) in [7, 11) is 0. The molecule has 1 aliphatic heterocycles. The van der Waals surface area contributed by atoms with Gasteiger partial charge in [0, 0.05) is 12.2 Å². The Balaban J connectivity index is 1.22. The predicted octanol–water partition coefficient (Wildman–Crippen LogP) is 7.80. The van der Waals surface area contributed by atoms with Crippen LogP contribution in [0.25, 0.3) is 11.1 Å². The smallest absolute Gasteiger partial charge is 0.488 e. The lowest BCUT2D eigenvalue weighted by molar-refractivity contribution is -0.130. The molecule has 3 rings (SSSR count). The number of unbranched alkanes of at least 4 members (excludes halogenated alkanes) is 8. The molecule has 0 saturated carbocycles. The largest absolute Gasteiger partial charge is 0.508 e. The molecule has 2 aromatic carbocycles. The van der Waals surface area contributed by atoms with Crippen molar-refractivity contribution in [1.82, 2.24) is 0 Å². The minimum Gasteiger partial charge on any atom is -0.488 e. The normalized spacial score (nSPS) is 13.4. The lowest BCUT2D eigenvalue weighted by Crippen LogP contribution is -2.30. The second-order valence-electron chi connectivity index (χ2n) is 10.3. The van der Waals surface area contributed by atoms with Gasteiger partial charge < -0.3 is 23.7 Å². The molecule has 41 heavy (non-hydrogen) atoms. The lowest BCUT2D eigenvalue weighted by atomic mass is 10.0. The molecule has 0 bridgehead atoms. The first kappa shape index (κ1) is 32.1. The van der Waals surface area contributed by atoms with Crippen molar-refractivity contribution in [3.05, 3.63) is 60.2 Å². The van der Waals surface area contributed by atoms with Gasteiger partial charge in [-0.15, -0.1) is 0 Å². The van der Waals surface area contributed by atoms with Crippen molar-refractivity contribution < 1.29 is 42.1 Å². The zero-order valence-corrected chi connectivity index (χ0v) is 23.8. The van der Waals surface area contributed by atoms with Gasteiger partial charge in [0.15, 0.2) is 17.4 Å². The standard InChI is InChI=1S/C32H40F2O7/c1-23(2)31(35)41-27-14-12-25(13-15-27)26-18-28(33)30(29(34)19-26)38-17-11-9-7-5-3-4-6-8-10-16-37-20-24-21-39-32(36)40-22-24/h12-15,18-19,24H,1,3-11,16-17,20-22H2,2H3. The van der Waals surface area contributed by atoms with Crippen LogP contribution in [0.2, 0.25) is 0 Å². The van der Waals surface area contributed by atoms with Gasteiger partial charge in [0.2, 0.25) is 0 Å². The minimum atomic E-state index is -0.753. The molecule has 224 valence electrons. The van der Waals surface area contributed by atoms with Crippen molar-refractivity contribution in [2.24, 2.45) is 5.92 Å². The van der Waals surface area contributed by atoms with E-state index in [1.807, 2.05) is 0 Å². The summed E-state index contributed by atoms with van der Waals surface area (Å²) in [6.45, 7) is 7.31. The van der Waals surface area contributed by atoms with Gasteiger partial charge in [0.25, 0.3) is 0 Å². The number of benzene rings is 2. The van der Waals surface area contributed by atoms with E-state index in [0.717, 1.165) is 51.4 Å². The highest BCUT2D eigenvalue weighted by molar-refractivity contribution is 5.88. The van der Waals surface area contributed by atoms with Crippen LogP contribution in [0.5, 0.6) is 11.5 Å². The van der Waals surface area contributed by atoms with Crippen LogP contribution in [-0.4, -0.2) is 45.2 Å². The zero-order valence-electron chi connectivity index (χ0n) is 23.8.